The SMILES string of the molecule is CCCCOC1CN(c2ccccc2)C(OCCCC)CS1. The fourth-order valence-corrected chi connectivity index (χ4v) is 3.58. The third-order valence-electron chi connectivity index (χ3n) is 3.82. The van der Waals surface area contributed by atoms with Crippen LogP contribution in [0.2, 0.25) is 0 Å². The Morgan fingerprint density at radius 3 is 2.41 bits per heavy atom. The van der Waals surface area contributed by atoms with Crippen molar-refractivity contribution in [1.29, 1.82) is 0 Å². The van der Waals surface area contributed by atoms with Crippen LogP contribution in [0.5, 0.6) is 0 Å². The average Bonchev–Trinajstić information content (AvgIpc) is 2.57. The molecule has 0 spiro atoms. The normalized spacial score (nSPS) is 22.0. The Balaban J connectivity index is 1.95. The van der Waals surface area contributed by atoms with Crippen molar-refractivity contribution < 1.29 is 9.47 Å². The molecule has 1 aliphatic rings. The standard InChI is InChI=1S/C18H29NO2S/c1-3-5-12-20-17-15-22-18(21-13-6-4-2)14-19(17)16-10-8-7-9-11-16/h7-11,17-18H,3-6,12-15H2,1-2H3. The minimum absolute atomic E-state index is 0.157. The van der Waals surface area contributed by atoms with Crippen molar-refractivity contribution in [3.8, 4) is 0 Å². The van der Waals surface area contributed by atoms with E-state index in [1.807, 2.05) is 11.8 Å². The van der Waals surface area contributed by atoms with Gasteiger partial charge < -0.3 is 14.4 Å². The third-order valence-corrected chi connectivity index (χ3v) is 4.95. The van der Waals surface area contributed by atoms with Crippen LogP contribution in [0.15, 0.2) is 30.3 Å². The topological polar surface area (TPSA) is 21.7 Å². The predicted molar refractivity (Wildman–Crippen MR) is 95.5 cm³/mol. The fraction of sp³-hybridized carbons (Fsp3) is 0.667. The first-order valence-corrected chi connectivity index (χ1v) is 9.56. The zero-order valence-corrected chi connectivity index (χ0v) is 14.7. The molecule has 0 N–H and O–H groups in total. The number of anilines is 1. The maximum Gasteiger partial charge on any atom is 0.139 e. The van der Waals surface area contributed by atoms with Crippen LogP contribution in [0.4, 0.5) is 5.69 Å². The Morgan fingerprint density at radius 2 is 1.73 bits per heavy atom. The highest BCUT2D eigenvalue weighted by Crippen LogP contribution is 2.29. The van der Waals surface area contributed by atoms with Gasteiger partial charge in [0.15, 0.2) is 0 Å². The van der Waals surface area contributed by atoms with Crippen LogP contribution in [0.3, 0.4) is 0 Å². The van der Waals surface area contributed by atoms with Crippen LogP contribution >= 0.6 is 11.8 Å². The summed E-state index contributed by atoms with van der Waals surface area (Å²) in [5.41, 5.74) is 1.48. The van der Waals surface area contributed by atoms with Gasteiger partial charge in [-0.3, -0.25) is 0 Å². The molecule has 4 heteroatoms. The van der Waals surface area contributed by atoms with E-state index < -0.39 is 0 Å². The summed E-state index contributed by atoms with van der Waals surface area (Å²) in [7, 11) is 0. The predicted octanol–water partition coefficient (Wildman–Crippen LogP) is 4.53. The van der Waals surface area contributed by atoms with E-state index in [0.29, 0.717) is 0 Å². The molecule has 1 fully saturated rings. The molecular formula is C18H29NO2S. The number of rotatable bonds is 9. The highest BCUT2D eigenvalue weighted by Gasteiger charge is 2.29. The molecule has 0 bridgehead atoms. The lowest BCUT2D eigenvalue weighted by atomic mass is 10.2. The van der Waals surface area contributed by atoms with Crippen molar-refractivity contribution in [1.82, 2.24) is 0 Å². The van der Waals surface area contributed by atoms with E-state index in [0.717, 1.165) is 38.4 Å². The van der Waals surface area contributed by atoms with Gasteiger partial charge in [0.05, 0.1) is 6.54 Å². The van der Waals surface area contributed by atoms with Crippen molar-refractivity contribution in [2.75, 3.05) is 30.4 Å². The molecule has 124 valence electrons. The van der Waals surface area contributed by atoms with Crippen LogP contribution in [0, 0.1) is 0 Å². The number of para-hydroxylation sites is 1. The van der Waals surface area contributed by atoms with Crippen LogP contribution in [-0.2, 0) is 9.47 Å². The second-order valence-corrected chi connectivity index (χ2v) is 6.85. The Morgan fingerprint density at radius 1 is 1.05 bits per heavy atom. The van der Waals surface area contributed by atoms with Crippen molar-refractivity contribution >= 4 is 17.4 Å². The van der Waals surface area contributed by atoms with E-state index in [2.05, 4.69) is 49.1 Å². The summed E-state index contributed by atoms with van der Waals surface area (Å²) in [6.07, 6.45) is 4.78. The van der Waals surface area contributed by atoms with Gasteiger partial charge in [0.2, 0.25) is 0 Å². The Labute approximate surface area is 139 Å². The van der Waals surface area contributed by atoms with Gasteiger partial charge in [-0.1, -0.05) is 44.9 Å². The fourth-order valence-electron chi connectivity index (χ4n) is 2.46. The number of thioether (sulfide) groups is 1. The molecule has 0 radical (unpaired) electrons. The molecular weight excluding hydrogens is 294 g/mol. The zero-order chi connectivity index (χ0) is 15.6. The summed E-state index contributed by atoms with van der Waals surface area (Å²) in [6, 6.07) is 10.6. The molecule has 2 atom stereocenters. The van der Waals surface area contributed by atoms with Gasteiger partial charge in [-0.15, -0.1) is 11.8 Å². The van der Waals surface area contributed by atoms with E-state index in [1.165, 1.54) is 18.5 Å². The number of benzene rings is 1. The first kappa shape index (κ1) is 17.6. The van der Waals surface area contributed by atoms with Crippen molar-refractivity contribution in [3.05, 3.63) is 30.3 Å². The first-order chi connectivity index (χ1) is 10.8. The third kappa shape index (κ3) is 5.49. The molecule has 3 nitrogen and oxygen atoms in total. The van der Waals surface area contributed by atoms with Crippen LogP contribution in [0.25, 0.3) is 0 Å². The van der Waals surface area contributed by atoms with Gasteiger partial charge in [0, 0.05) is 24.7 Å². The second-order valence-electron chi connectivity index (χ2n) is 5.65. The van der Waals surface area contributed by atoms with E-state index in [9.17, 15) is 0 Å². The van der Waals surface area contributed by atoms with E-state index in [-0.39, 0.29) is 11.7 Å². The summed E-state index contributed by atoms with van der Waals surface area (Å²) in [5.74, 6) is 0.968. The van der Waals surface area contributed by atoms with Crippen molar-refractivity contribution in [2.24, 2.45) is 0 Å². The van der Waals surface area contributed by atoms with E-state index in [1.54, 1.807) is 0 Å². The number of nitrogens with zero attached hydrogens (tertiary/aromatic N) is 1. The molecule has 0 saturated carbocycles. The largest absolute Gasteiger partial charge is 0.366 e. The lowest BCUT2D eigenvalue weighted by Crippen LogP contribution is -2.48. The average molecular weight is 324 g/mol. The van der Waals surface area contributed by atoms with E-state index >= 15 is 0 Å². The smallest absolute Gasteiger partial charge is 0.139 e. The number of unbranched alkanes of at least 4 members (excludes halogenated alkanes) is 2. The summed E-state index contributed by atoms with van der Waals surface area (Å²) in [5, 5.41) is 0. The zero-order valence-electron chi connectivity index (χ0n) is 13.9. The maximum atomic E-state index is 6.11. The highest BCUT2D eigenvalue weighted by molar-refractivity contribution is 7.99. The monoisotopic (exact) mass is 323 g/mol. The molecule has 0 aliphatic carbocycles. The van der Waals surface area contributed by atoms with Gasteiger partial charge in [-0.05, 0) is 25.0 Å². The molecule has 0 amide bonds. The summed E-state index contributed by atoms with van der Waals surface area (Å²) < 4.78 is 12.1. The van der Waals surface area contributed by atoms with Crippen molar-refractivity contribution in [2.45, 2.75) is 51.2 Å². The van der Waals surface area contributed by atoms with Crippen LogP contribution in [-0.4, -0.2) is 37.2 Å². The molecule has 2 unspecified atom stereocenters. The number of hydrogen-bond acceptors (Lipinski definition) is 4. The quantitative estimate of drug-likeness (QED) is 0.623. The minimum Gasteiger partial charge on any atom is -0.366 e. The molecule has 0 aromatic heterocycles. The highest BCUT2D eigenvalue weighted by atomic mass is 32.2. The van der Waals surface area contributed by atoms with Gasteiger partial charge in [-0.25, -0.2) is 0 Å². The summed E-state index contributed by atoms with van der Waals surface area (Å²) >= 11 is 1.89. The van der Waals surface area contributed by atoms with Gasteiger partial charge in [0.1, 0.15) is 11.7 Å². The minimum atomic E-state index is 0.157. The summed E-state index contributed by atoms with van der Waals surface area (Å²) in [6.45, 7) is 7.00. The van der Waals surface area contributed by atoms with Crippen LogP contribution in [0.1, 0.15) is 39.5 Å². The lowest BCUT2D eigenvalue weighted by Gasteiger charge is -2.40. The Hall–Kier alpha value is -0.710. The maximum absolute atomic E-state index is 6.11. The molecule has 1 aromatic rings. The van der Waals surface area contributed by atoms with Crippen LogP contribution < -0.4 is 4.90 Å². The van der Waals surface area contributed by atoms with Gasteiger partial charge >= 0.3 is 0 Å². The first-order valence-electron chi connectivity index (χ1n) is 8.51. The Kier molecular flexibility index (Phi) is 8.13. The molecule has 1 saturated heterocycles. The van der Waals surface area contributed by atoms with Gasteiger partial charge in [-0.2, -0.15) is 0 Å². The second kappa shape index (κ2) is 10.1. The van der Waals surface area contributed by atoms with Gasteiger partial charge in [0.25, 0.3) is 0 Å². The Bertz CT molecular complexity index is 401. The molecule has 1 aliphatic heterocycles. The number of ether oxygens (including phenoxy) is 2. The lowest BCUT2D eigenvalue weighted by molar-refractivity contribution is 0.0450. The molecule has 22 heavy (non-hydrogen) atoms. The number of hydrogen-bond donors (Lipinski definition) is 0. The molecule has 1 heterocycles. The van der Waals surface area contributed by atoms with E-state index in [4.69, 9.17) is 9.47 Å². The van der Waals surface area contributed by atoms with Crippen molar-refractivity contribution in [3.63, 3.8) is 0 Å². The molecule has 1 aromatic carbocycles. The summed E-state index contributed by atoms with van der Waals surface area (Å²) in [4.78, 5) is 2.36. The molecule has 2 rings (SSSR count).